The summed E-state index contributed by atoms with van der Waals surface area (Å²) in [6.45, 7) is 5.23. The van der Waals surface area contributed by atoms with Crippen LogP contribution in [0, 0.1) is 5.41 Å². The van der Waals surface area contributed by atoms with E-state index < -0.39 is 11.9 Å². The summed E-state index contributed by atoms with van der Waals surface area (Å²) < 4.78 is 0. The third-order valence-electron chi connectivity index (χ3n) is 1.93. The van der Waals surface area contributed by atoms with Crippen molar-refractivity contribution in [3.05, 3.63) is 0 Å². The molecule has 0 aliphatic carbocycles. The van der Waals surface area contributed by atoms with Gasteiger partial charge in [0.15, 0.2) is 0 Å². The number of hydrogen-bond acceptors (Lipinski definition) is 3. The zero-order chi connectivity index (χ0) is 13.6. The van der Waals surface area contributed by atoms with Crippen LogP contribution in [-0.2, 0) is 14.4 Å². The second kappa shape index (κ2) is 6.22. The largest absolute Gasteiger partial charge is 0.480 e. The molecule has 0 radical (unpaired) electrons. The van der Waals surface area contributed by atoms with E-state index >= 15 is 0 Å². The molecule has 2 amide bonds. The summed E-state index contributed by atoms with van der Waals surface area (Å²) >= 11 is 0. The summed E-state index contributed by atoms with van der Waals surface area (Å²) in [5, 5.41) is 11.0. The Morgan fingerprint density at radius 3 is 2.18 bits per heavy atom. The number of amides is 2. The van der Waals surface area contributed by atoms with Crippen LogP contribution in [0.15, 0.2) is 0 Å². The fourth-order valence-corrected chi connectivity index (χ4v) is 1.14. The Balaban J connectivity index is 4.00. The SMILES string of the molecule is CN(CC(=O)O)C(=O)CNC(=O)CC(C)(C)C. The van der Waals surface area contributed by atoms with Gasteiger partial charge in [-0.1, -0.05) is 20.8 Å². The van der Waals surface area contributed by atoms with Crippen LogP contribution >= 0.6 is 0 Å². The summed E-state index contributed by atoms with van der Waals surface area (Å²) in [5.41, 5.74) is -0.139. The molecule has 6 nitrogen and oxygen atoms in total. The molecular weight excluding hydrogens is 224 g/mol. The second-order valence-electron chi connectivity index (χ2n) is 5.16. The summed E-state index contributed by atoms with van der Waals surface area (Å²) in [6.07, 6.45) is 0.322. The number of aliphatic carboxylic acids is 1. The quantitative estimate of drug-likeness (QED) is 0.717. The van der Waals surface area contributed by atoms with Gasteiger partial charge in [0.25, 0.3) is 0 Å². The zero-order valence-corrected chi connectivity index (χ0v) is 10.7. The smallest absolute Gasteiger partial charge is 0.323 e. The van der Waals surface area contributed by atoms with Gasteiger partial charge in [-0.2, -0.15) is 0 Å². The minimum Gasteiger partial charge on any atom is -0.480 e. The van der Waals surface area contributed by atoms with Gasteiger partial charge in [0.1, 0.15) is 6.54 Å². The molecule has 0 aliphatic heterocycles. The third kappa shape index (κ3) is 8.24. The normalized spacial score (nSPS) is 10.8. The first-order valence-corrected chi connectivity index (χ1v) is 5.34. The number of carboxylic acid groups (broad SMARTS) is 1. The molecule has 0 rings (SSSR count). The van der Waals surface area contributed by atoms with Crippen LogP contribution < -0.4 is 5.32 Å². The Morgan fingerprint density at radius 2 is 1.76 bits per heavy atom. The number of nitrogens with one attached hydrogen (secondary N) is 1. The number of carbonyl (C=O) groups excluding carboxylic acids is 2. The highest BCUT2D eigenvalue weighted by Gasteiger charge is 2.17. The molecule has 0 spiro atoms. The van der Waals surface area contributed by atoms with Crippen molar-refractivity contribution in [2.45, 2.75) is 27.2 Å². The van der Waals surface area contributed by atoms with Gasteiger partial charge >= 0.3 is 5.97 Å². The van der Waals surface area contributed by atoms with Crippen molar-refractivity contribution < 1.29 is 19.5 Å². The van der Waals surface area contributed by atoms with Crippen LogP contribution in [0.5, 0.6) is 0 Å². The Kier molecular flexibility index (Phi) is 5.64. The predicted octanol–water partition coefficient (Wildman–Crippen LogP) is 0.0818. The zero-order valence-electron chi connectivity index (χ0n) is 10.7. The molecule has 0 saturated carbocycles. The lowest BCUT2D eigenvalue weighted by atomic mass is 9.92. The average Bonchev–Trinajstić information content (AvgIpc) is 2.10. The Hall–Kier alpha value is -1.59. The number of rotatable bonds is 5. The van der Waals surface area contributed by atoms with Crippen LogP contribution in [0.25, 0.3) is 0 Å². The van der Waals surface area contributed by atoms with E-state index in [2.05, 4.69) is 5.32 Å². The molecule has 17 heavy (non-hydrogen) atoms. The van der Waals surface area contributed by atoms with Crippen molar-refractivity contribution in [3.63, 3.8) is 0 Å². The van der Waals surface area contributed by atoms with Gasteiger partial charge in [0.05, 0.1) is 6.54 Å². The van der Waals surface area contributed by atoms with Gasteiger partial charge < -0.3 is 15.3 Å². The Morgan fingerprint density at radius 1 is 1.24 bits per heavy atom. The summed E-state index contributed by atoms with van der Waals surface area (Å²) in [7, 11) is 1.38. The van der Waals surface area contributed by atoms with E-state index in [0.717, 1.165) is 4.90 Å². The predicted molar refractivity (Wildman–Crippen MR) is 62.4 cm³/mol. The maximum atomic E-state index is 11.4. The summed E-state index contributed by atoms with van der Waals surface area (Å²) in [5.74, 6) is -1.72. The maximum Gasteiger partial charge on any atom is 0.323 e. The van der Waals surface area contributed by atoms with Crippen LogP contribution in [0.4, 0.5) is 0 Å². The van der Waals surface area contributed by atoms with Crippen molar-refractivity contribution in [1.29, 1.82) is 0 Å². The van der Waals surface area contributed by atoms with Crippen molar-refractivity contribution in [1.82, 2.24) is 10.2 Å². The molecule has 0 atom stereocenters. The molecule has 0 aromatic rings. The molecule has 0 heterocycles. The van der Waals surface area contributed by atoms with Crippen molar-refractivity contribution in [3.8, 4) is 0 Å². The summed E-state index contributed by atoms with van der Waals surface area (Å²) in [4.78, 5) is 34.2. The fourth-order valence-electron chi connectivity index (χ4n) is 1.14. The standard InChI is InChI=1S/C11H20N2O4/c1-11(2,3)5-8(14)12-6-9(15)13(4)7-10(16)17/h5-7H2,1-4H3,(H,12,14)(H,16,17). The first kappa shape index (κ1) is 15.4. The van der Waals surface area contributed by atoms with E-state index in [4.69, 9.17) is 5.11 Å². The average molecular weight is 244 g/mol. The van der Waals surface area contributed by atoms with E-state index in [1.807, 2.05) is 20.8 Å². The lowest BCUT2D eigenvalue weighted by molar-refractivity contribution is -0.143. The van der Waals surface area contributed by atoms with E-state index in [1.165, 1.54) is 7.05 Å². The number of likely N-dealkylation sites (N-methyl/N-ethyl adjacent to an activating group) is 1. The minimum atomic E-state index is -1.08. The van der Waals surface area contributed by atoms with Crippen molar-refractivity contribution in [2.24, 2.45) is 5.41 Å². The second-order valence-corrected chi connectivity index (χ2v) is 5.16. The maximum absolute atomic E-state index is 11.4. The van der Waals surface area contributed by atoms with Gasteiger partial charge in [-0.3, -0.25) is 14.4 Å². The number of nitrogens with zero attached hydrogens (tertiary/aromatic N) is 1. The lowest BCUT2D eigenvalue weighted by Gasteiger charge is -2.18. The number of carboxylic acids is 1. The van der Waals surface area contributed by atoms with E-state index in [0.29, 0.717) is 6.42 Å². The highest BCUT2D eigenvalue weighted by atomic mass is 16.4. The van der Waals surface area contributed by atoms with Crippen molar-refractivity contribution >= 4 is 17.8 Å². The highest BCUT2D eigenvalue weighted by molar-refractivity contribution is 5.86. The minimum absolute atomic E-state index is 0.139. The molecule has 0 bridgehead atoms. The van der Waals surface area contributed by atoms with Crippen LogP contribution in [0.1, 0.15) is 27.2 Å². The van der Waals surface area contributed by atoms with Crippen molar-refractivity contribution in [2.75, 3.05) is 20.1 Å². The van der Waals surface area contributed by atoms with E-state index in [1.54, 1.807) is 0 Å². The topological polar surface area (TPSA) is 86.7 Å². The van der Waals surface area contributed by atoms with Crippen LogP contribution in [0.3, 0.4) is 0 Å². The third-order valence-corrected chi connectivity index (χ3v) is 1.93. The molecule has 0 saturated heterocycles. The molecule has 2 N–H and O–H groups in total. The highest BCUT2D eigenvalue weighted by Crippen LogP contribution is 2.17. The van der Waals surface area contributed by atoms with Gasteiger partial charge in [-0.15, -0.1) is 0 Å². The van der Waals surface area contributed by atoms with Gasteiger partial charge in [-0.05, 0) is 5.41 Å². The van der Waals surface area contributed by atoms with E-state index in [9.17, 15) is 14.4 Å². The first-order valence-electron chi connectivity index (χ1n) is 5.34. The summed E-state index contributed by atoms with van der Waals surface area (Å²) in [6, 6.07) is 0. The molecule has 0 fully saturated rings. The van der Waals surface area contributed by atoms with Gasteiger partial charge in [0.2, 0.25) is 11.8 Å². The molecule has 0 aliphatic rings. The van der Waals surface area contributed by atoms with Crippen LogP contribution in [-0.4, -0.2) is 47.9 Å². The fraction of sp³-hybridized carbons (Fsp3) is 0.727. The first-order chi connectivity index (χ1) is 7.61. The molecule has 0 aromatic carbocycles. The molecule has 0 unspecified atom stereocenters. The molecular formula is C11H20N2O4. The monoisotopic (exact) mass is 244 g/mol. The number of carbonyl (C=O) groups is 3. The van der Waals surface area contributed by atoms with Gasteiger partial charge in [-0.25, -0.2) is 0 Å². The Bertz CT molecular complexity index is 307. The van der Waals surface area contributed by atoms with Crippen LogP contribution in [0.2, 0.25) is 0 Å². The van der Waals surface area contributed by atoms with Gasteiger partial charge in [0, 0.05) is 13.5 Å². The lowest BCUT2D eigenvalue weighted by Crippen LogP contribution is -2.40. The molecule has 98 valence electrons. The molecule has 6 heteroatoms. The number of hydrogen-bond donors (Lipinski definition) is 2. The Labute approximate surface area is 101 Å². The molecule has 0 aromatic heterocycles. The van der Waals surface area contributed by atoms with E-state index in [-0.39, 0.29) is 24.4 Å².